The van der Waals surface area contributed by atoms with Crippen LogP contribution in [0.3, 0.4) is 0 Å². The van der Waals surface area contributed by atoms with Gasteiger partial charge < -0.3 is 9.84 Å². The van der Waals surface area contributed by atoms with Gasteiger partial charge in [-0.15, -0.1) is 0 Å². The molecule has 1 N–H and O–H groups in total. The van der Waals surface area contributed by atoms with Crippen LogP contribution in [-0.4, -0.2) is 27.6 Å². The Labute approximate surface area is 116 Å². The molecule has 6 nitrogen and oxygen atoms in total. The van der Waals surface area contributed by atoms with Crippen molar-refractivity contribution in [1.82, 2.24) is 20.4 Å². The first-order valence-electron chi connectivity index (χ1n) is 6.75. The lowest BCUT2D eigenvalue weighted by Gasteiger charge is -2.05. The first-order valence-corrected chi connectivity index (χ1v) is 6.75. The Balaban J connectivity index is 1.51. The summed E-state index contributed by atoms with van der Waals surface area (Å²) in [5.74, 6) is 1.75. The van der Waals surface area contributed by atoms with E-state index in [1.807, 2.05) is 6.92 Å². The number of pyridine rings is 1. The highest BCUT2D eigenvalue weighted by Crippen LogP contribution is 2.38. The molecule has 0 bridgehead atoms. The van der Waals surface area contributed by atoms with Gasteiger partial charge in [0.2, 0.25) is 5.89 Å². The van der Waals surface area contributed by atoms with Crippen LogP contribution in [0, 0.1) is 6.92 Å². The summed E-state index contributed by atoms with van der Waals surface area (Å²) in [6.45, 7) is 2.35. The summed E-state index contributed by atoms with van der Waals surface area (Å²) in [7, 11) is 0. The largest absolute Gasteiger partial charge is 0.352 e. The predicted octanol–water partition coefficient (Wildman–Crippen LogP) is 1.62. The zero-order valence-electron chi connectivity index (χ0n) is 11.3. The van der Waals surface area contributed by atoms with Gasteiger partial charge in [0.15, 0.2) is 5.82 Å². The number of nitrogens with one attached hydrogen (secondary N) is 1. The fourth-order valence-electron chi connectivity index (χ4n) is 1.98. The molecule has 1 amide bonds. The highest BCUT2D eigenvalue weighted by Gasteiger charge is 2.29. The van der Waals surface area contributed by atoms with Crippen molar-refractivity contribution in [1.29, 1.82) is 0 Å². The van der Waals surface area contributed by atoms with Crippen molar-refractivity contribution in [3.63, 3.8) is 0 Å². The average Bonchev–Trinajstić information content (AvgIpc) is 3.19. The van der Waals surface area contributed by atoms with Gasteiger partial charge >= 0.3 is 0 Å². The zero-order valence-corrected chi connectivity index (χ0v) is 11.3. The summed E-state index contributed by atoms with van der Waals surface area (Å²) in [6, 6.07) is 1.71. The topological polar surface area (TPSA) is 80.9 Å². The molecule has 1 fully saturated rings. The molecule has 0 atom stereocenters. The average molecular weight is 272 g/mol. The molecule has 6 heteroatoms. The van der Waals surface area contributed by atoms with Gasteiger partial charge in [-0.1, -0.05) is 5.16 Å². The summed E-state index contributed by atoms with van der Waals surface area (Å²) in [4.78, 5) is 20.3. The molecule has 0 aromatic carbocycles. The number of rotatable bonds is 5. The van der Waals surface area contributed by atoms with E-state index in [-0.39, 0.29) is 5.91 Å². The molecule has 0 saturated heterocycles. The molecule has 2 aromatic rings. The van der Waals surface area contributed by atoms with E-state index < -0.39 is 0 Å². The van der Waals surface area contributed by atoms with Crippen molar-refractivity contribution in [2.24, 2.45) is 0 Å². The minimum absolute atomic E-state index is 0.101. The second-order valence-corrected chi connectivity index (χ2v) is 5.02. The highest BCUT2D eigenvalue weighted by molar-refractivity contribution is 5.95. The molecule has 2 heterocycles. The molecule has 104 valence electrons. The van der Waals surface area contributed by atoms with E-state index in [9.17, 15) is 4.79 Å². The van der Waals surface area contributed by atoms with Crippen molar-refractivity contribution in [2.75, 3.05) is 6.54 Å². The smallest absolute Gasteiger partial charge is 0.251 e. The van der Waals surface area contributed by atoms with Crippen LogP contribution in [0.15, 0.2) is 23.0 Å². The van der Waals surface area contributed by atoms with Crippen LogP contribution in [-0.2, 0) is 6.42 Å². The Morgan fingerprint density at radius 2 is 2.35 bits per heavy atom. The van der Waals surface area contributed by atoms with Crippen molar-refractivity contribution >= 4 is 5.91 Å². The van der Waals surface area contributed by atoms with Gasteiger partial charge in [-0.25, -0.2) is 0 Å². The van der Waals surface area contributed by atoms with Crippen molar-refractivity contribution in [2.45, 2.75) is 32.1 Å². The quantitative estimate of drug-likeness (QED) is 0.894. The molecule has 2 aromatic heterocycles. The molecule has 0 radical (unpaired) electrons. The Kier molecular flexibility index (Phi) is 3.45. The second kappa shape index (κ2) is 5.40. The van der Waals surface area contributed by atoms with Crippen molar-refractivity contribution in [3.05, 3.63) is 41.3 Å². The lowest BCUT2D eigenvalue weighted by Crippen LogP contribution is -2.26. The lowest BCUT2D eigenvalue weighted by atomic mass is 10.1. The normalized spacial score (nSPS) is 14.2. The van der Waals surface area contributed by atoms with E-state index in [0.29, 0.717) is 30.3 Å². The van der Waals surface area contributed by atoms with Crippen LogP contribution in [0.4, 0.5) is 0 Å². The molecule has 20 heavy (non-hydrogen) atoms. The Morgan fingerprint density at radius 1 is 1.50 bits per heavy atom. The van der Waals surface area contributed by atoms with Crippen molar-refractivity contribution in [3.8, 4) is 0 Å². The Hall–Kier alpha value is -2.24. The summed E-state index contributed by atoms with van der Waals surface area (Å²) < 4.78 is 5.17. The predicted molar refractivity (Wildman–Crippen MR) is 71.3 cm³/mol. The van der Waals surface area contributed by atoms with Crippen LogP contribution < -0.4 is 5.32 Å². The van der Waals surface area contributed by atoms with E-state index in [4.69, 9.17) is 4.52 Å². The Bertz CT molecular complexity index is 619. The molecule has 3 rings (SSSR count). The first kappa shape index (κ1) is 12.8. The van der Waals surface area contributed by atoms with Gasteiger partial charge in [0, 0.05) is 36.8 Å². The number of amides is 1. The summed E-state index contributed by atoms with van der Waals surface area (Å²) >= 11 is 0. The molecule has 0 aliphatic heterocycles. The van der Waals surface area contributed by atoms with Gasteiger partial charge in [0.05, 0.1) is 0 Å². The second-order valence-electron chi connectivity index (χ2n) is 5.02. The molecular weight excluding hydrogens is 256 g/mol. The standard InChI is InChI=1S/C14H16N4O2/c1-9-8-15-6-4-11(9)13(19)16-7-5-12-17-14(20-18-12)10-2-3-10/h4,6,8,10H,2-3,5,7H2,1H3,(H,16,19). The molecule has 1 aliphatic rings. The fraction of sp³-hybridized carbons (Fsp3) is 0.429. The molecule has 0 spiro atoms. The molecular formula is C14H16N4O2. The first-order chi connectivity index (χ1) is 9.74. The highest BCUT2D eigenvalue weighted by atomic mass is 16.5. The minimum Gasteiger partial charge on any atom is -0.352 e. The minimum atomic E-state index is -0.101. The number of carbonyl (C=O) groups excluding carboxylic acids is 1. The maximum absolute atomic E-state index is 12.0. The number of aromatic nitrogens is 3. The number of hydrogen-bond donors (Lipinski definition) is 1. The zero-order chi connectivity index (χ0) is 13.9. The van der Waals surface area contributed by atoms with Gasteiger partial charge in [-0.05, 0) is 31.4 Å². The number of nitrogens with zero attached hydrogens (tertiary/aromatic N) is 3. The van der Waals surface area contributed by atoms with Crippen LogP contribution >= 0.6 is 0 Å². The third kappa shape index (κ3) is 2.84. The molecule has 1 aliphatic carbocycles. The van der Waals surface area contributed by atoms with Crippen LogP contribution in [0.25, 0.3) is 0 Å². The van der Waals surface area contributed by atoms with Crippen molar-refractivity contribution < 1.29 is 9.32 Å². The van der Waals surface area contributed by atoms with Gasteiger partial charge in [-0.3, -0.25) is 9.78 Å². The summed E-state index contributed by atoms with van der Waals surface area (Å²) in [6.07, 6.45) is 6.14. The monoisotopic (exact) mass is 272 g/mol. The third-order valence-electron chi connectivity index (χ3n) is 3.31. The fourth-order valence-corrected chi connectivity index (χ4v) is 1.98. The molecule has 0 unspecified atom stereocenters. The number of hydrogen-bond acceptors (Lipinski definition) is 5. The third-order valence-corrected chi connectivity index (χ3v) is 3.31. The van der Waals surface area contributed by atoms with Gasteiger partial charge in [-0.2, -0.15) is 4.98 Å². The van der Waals surface area contributed by atoms with E-state index in [0.717, 1.165) is 24.3 Å². The van der Waals surface area contributed by atoms with E-state index >= 15 is 0 Å². The number of carbonyl (C=O) groups is 1. The van der Waals surface area contributed by atoms with E-state index in [1.54, 1.807) is 18.5 Å². The summed E-state index contributed by atoms with van der Waals surface area (Å²) in [5.41, 5.74) is 1.51. The molecule has 1 saturated carbocycles. The SMILES string of the molecule is Cc1cnccc1C(=O)NCCc1noc(C2CC2)n1. The maximum atomic E-state index is 12.0. The van der Waals surface area contributed by atoms with Gasteiger partial charge in [0.1, 0.15) is 0 Å². The van der Waals surface area contributed by atoms with Crippen LogP contribution in [0.1, 0.15) is 46.4 Å². The van der Waals surface area contributed by atoms with Crippen LogP contribution in [0.2, 0.25) is 0 Å². The summed E-state index contributed by atoms with van der Waals surface area (Å²) in [5, 5.41) is 6.77. The van der Waals surface area contributed by atoms with E-state index in [1.165, 1.54) is 0 Å². The Morgan fingerprint density at radius 3 is 3.10 bits per heavy atom. The maximum Gasteiger partial charge on any atom is 0.251 e. The van der Waals surface area contributed by atoms with Gasteiger partial charge in [0.25, 0.3) is 5.91 Å². The lowest BCUT2D eigenvalue weighted by molar-refractivity contribution is 0.0953. The number of aryl methyl sites for hydroxylation is 1. The van der Waals surface area contributed by atoms with Crippen LogP contribution in [0.5, 0.6) is 0 Å². The van der Waals surface area contributed by atoms with E-state index in [2.05, 4.69) is 20.4 Å².